The minimum Gasteiger partial charge on any atom is -0.480 e. The Balaban J connectivity index is 1.67. The lowest BCUT2D eigenvalue weighted by Crippen LogP contribution is -2.54. The molecule has 0 spiro atoms. The smallest absolute Gasteiger partial charge is 0.326 e. The molecule has 0 saturated carbocycles. The van der Waals surface area contributed by atoms with Crippen molar-refractivity contribution in [2.75, 3.05) is 24.7 Å². The van der Waals surface area contributed by atoms with Crippen LogP contribution < -0.4 is 5.32 Å². The lowest BCUT2D eigenvalue weighted by Gasteiger charge is -2.29. The average molecular weight is 449 g/mol. The quantitative estimate of drug-likeness (QED) is 0.559. The molecule has 2 aliphatic heterocycles. The summed E-state index contributed by atoms with van der Waals surface area (Å²) in [7, 11) is 0. The molecule has 8 heteroatoms. The average Bonchev–Trinajstić information content (AvgIpc) is 3.16. The number of carboxylic acids is 1. The maximum Gasteiger partial charge on any atom is 0.326 e. The molecule has 2 aliphatic rings. The summed E-state index contributed by atoms with van der Waals surface area (Å²) in [5.41, 5.74) is 1.10. The number of esters is 1. The highest BCUT2D eigenvalue weighted by Gasteiger charge is 2.49. The number of benzene rings is 1. The van der Waals surface area contributed by atoms with Crippen LogP contribution in [-0.4, -0.2) is 70.6 Å². The van der Waals surface area contributed by atoms with Crippen LogP contribution in [0.2, 0.25) is 0 Å². The van der Waals surface area contributed by atoms with Gasteiger partial charge in [0.15, 0.2) is 0 Å². The first-order valence-electron chi connectivity index (χ1n) is 11.0. The number of nitrogens with one attached hydrogen (secondary N) is 1. The van der Waals surface area contributed by atoms with Crippen molar-refractivity contribution in [1.82, 2.24) is 10.2 Å². The van der Waals surface area contributed by atoms with Gasteiger partial charge in [-0.1, -0.05) is 30.3 Å². The summed E-state index contributed by atoms with van der Waals surface area (Å²) in [6, 6.07) is 7.73. The van der Waals surface area contributed by atoms with Crippen molar-refractivity contribution in [1.29, 1.82) is 0 Å². The number of fused-ring (bicyclic) bond motifs is 1. The van der Waals surface area contributed by atoms with Crippen LogP contribution in [0.1, 0.15) is 32.3 Å². The summed E-state index contributed by atoms with van der Waals surface area (Å²) < 4.78 is 5.21. The van der Waals surface area contributed by atoms with E-state index in [1.807, 2.05) is 30.3 Å². The number of carbonyl (C=O) groups excluding carboxylic acids is 2. The predicted octanol–water partition coefficient (Wildman–Crippen LogP) is 2.19. The first-order valence-corrected chi connectivity index (χ1v) is 12.2. The van der Waals surface area contributed by atoms with Crippen molar-refractivity contribution in [3.63, 3.8) is 0 Å². The van der Waals surface area contributed by atoms with Crippen molar-refractivity contribution in [3.8, 4) is 0 Å². The Bertz CT molecular complexity index is 774. The Kier molecular flexibility index (Phi) is 8.37. The van der Waals surface area contributed by atoms with Crippen molar-refractivity contribution in [2.24, 2.45) is 11.8 Å². The van der Waals surface area contributed by atoms with Crippen LogP contribution in [0.3, 0.4) is 0 Å². The molecule has 31 heavy (non-hydrogen) atoms. The van der Waals surface area contributed by atoms with E-state index in [4.69, 9.17) is 4.74 Å². The van der Waals surface area contributed by atoms with Gasteiger partial charge in [-0.2, -0.15) is 11.8 Å². The highest BCUT2D eigenvalue weighted by atomic mass is 32.2. The van der Waals surface area contributed by atoms with E-state index in [1.165, 1.54) is 4.90 Å². The molecule has 3 unspecified atom stereocenters. The van der Waals surface area contributed by atoms with Gasteiger partial charge in [-0.05, 0) is 56.1 Å². The molecule has 0 aliphatic carbocycles. The maximum absolute atomic E-state index is 13.2. The zero-order valence-corrected chi connectivity index (χ0v) is 19.0. The van der Waals surface area contributed by atoms with E-state index in [9.17, 15) is 19.5 Å². The molecule has 2 heterocycles. The number of aliphatic carboxylic acids is 1. The zero-order valence-electron chi connectivity index (χ0n) is 18.2. The molecule has 170 valence electrons. The van der Waals surface area contributed by atoms with Crippen molar-refractivity contribution < 1.29 is 24.2 Å². The molecule has 1 amide bonds. The van der Waals surface area contributed by atoms with E-state index in [0.29, 0.717) is 19.4 Å². The van der Waals surface area contributed by atoms with E-state index < -0.39 is 24.1 Å². The van der Waals surface area contributed by atoms with Crippen LogP contribution in [0, 0.1) is 11.8 Å². The molecule has 2 fully saturated rings. The summed E-state index contributed by atoms with van der Waals surface area (Å²) >= 11 is 1.76. The van der Waals surface area contributed by atoms with Gasteiger partial charge in [0, 0.05) is 12.5 Å². The summed E-state index contributed by atoms with van der Waals surface area (Å²) in [5.74, 6) is 0.411. The summed E-state index contributed by atoms with van der Waals surface area (Å²) in [5, 5.41) is 12.9. The normalized spacial score (nSPS) is 24.8. The SMILES string of the molecule is CCOC(=O)C(CCc1ccccc1)N[C@@H](C)C(=O)N1CC2CCSCC2[C@H]1C(=O)O. The molecule has 0 aromatic heterocycles. The van der Waals surface area contributed by atoms with E-state index in [-0.39, 0.29) is 30.3 Å². The number of thioether (sulfide) groups is 1. The minimum atomic E-state index is -0.943. The largest absolute Gasteiger partial charge is 0.480 e. The Hall–Kier alpha value is -2.06. The Morgan fingerprint density at radius 3 is 2.71 bits per heavy atom. The Morgan fingerprint density at radius 1 is 1.29 bits per heavy atom. The third-order valence-corrected chi connectivity index (χ3v) is 7.36. The molecule has 5 atom stereocenters. The fraction of sp³-hybridized carbons (Fsp3) is 0.609. The highest BCUT2D eigenvalue weighted by molar-refractivity contribution is 7.99. The molecule has 1 aromatic carbocycles. The van der Waals surface area contributed by atoms with Crippen molar-refractivity contribution in [2.45, 2.75) is 51.2 Å². The fourth-order valence-electron chi connectivity index (χ4n) is 4.61. The second-order valence-electron chi connectivity index (χ2n) is 8.28. The number of nitrogens with zero attached hydrogens (tertiary/aromatic N) is 1. The maximum atomic E-state index is 13.2. The van der Waals surface area contributed by atoms with Gasteiger partial charge in [0.1, 0.15) is 12.1 Å². The number of likely N-dealkylation sites (tertiary alicyclic amines) is 1. The number of carbonyl (C=O) groups is 3. The van der Waals surface area contributed by atoms with Gasteiger partial charge in [0.05, 0.1) is 12.6 Å². The summed E-state index contributed by atoms with van der Waals surface area (Å²) in [6.07, 6.45) is 2.10. The van der Waals surface area contributed by atoms with Gasteiger partial charge in [0.2, 0.25) is 5.91 Å². The topological polar surface area (TPSA) is 95.9 Å². The number of aryl methyl sites for hydroxylation is 1. The molecular formula is C23H32N2O5S. The lowest BCUT2D eigenvalue weighted by molar-refractivity contribution is -0.151. The Morgan fingerprint density at radius 2 is 2.03 bits per heavy atom. The van der Waals surface area contributed by atoms with Crippen LogP contribution in [0.5, 0.6) is 0 Å². The van der Waals surface area contributed by atoms with Gasteiger partial charge in [-0.25, -0.2) is 4.79 Å². The van der Waals surface area contributed by atoms with Crippen LogP contribution in [0.4, 0.5) is 0 Å². The molecule has 2 saturated heterocycles. The van der Waals surface area contributed by atoms with Crippen molar-refractivity contribution in [3.05, 3.63) is 35.9 Å². The summed E-state index contributed by atoms with van der Waals surface area (Å²) in [4.78, 5) is 39.2. The number of ether oxygens (including phenoxy) is 1. The number of hydrogen-bond donors (Lipinski definition) is 2. The number of carboxylic acid groups (broad SMARTS) is 1. The first kappa shape index (κ1) is 23.6. The standard InChI is InChI=1S/C23H32N2O5S/c1-3-30-23(29)19(10-9-16-7-5-4-6-8-16)24-15(2)21(26)25-13-17-11-12-31-14-18(17)20(25)22(27)28/h4-8,15,17-20,24H,3,9-14H2,1-2H3,(H,27,28)/t15-,17?,18?,19?,20-/m0/s1. The fourth-order valence-corrected chi connectivity index (χ4v) is 5.97. The van der Waals surface area contributed by atoms with E-state index >= 15 is 0 Å². The second kappa shape index (κ2) is 11.0. The van der Waals surface area contributed by atoms with Gasteiger partial charge >= 0.3 is 11.9 Å². The Labute approximate surface area is 187 Å². The highest BCUT2D eigenvalue weighted by Crippen LogP contribution is 2.39. The molecule has 7 nitrogen and oxygen atoms in total. The molecule has 0 radical (unpaired) electrons. The van der Waals surface area contributed by atoms with Crippen LogP contribution in [0.25, 0.3) is 0 Å². The zero-order chi connectivity index (χ0) is 22.4. The minimum absolute atomic E-state index is 0.00802. The van der Waals surface area contributed by atoms with E-state index in [1.54, 1.807) is 25.6 Å². The predicted molar refractivity (Wildman–Crippen MR) is 120 cm³/mol. The van der Waals surface area contributed by atoms with Gasteiger partial charge in [-0.3, -0.25) is 14.9 Å². The molecule has 3 rings (SSSR count). The van der Waals surface area contributed by atoms with Crippen LogP contribution >= 0.6 is 11.8 Å². The number of rotatable bonds is 9. The van der Waals surface area contributed by atoms with Gasteiger partial charge < -0.3 is 14.7 Å². The number of amides is 1. The van der Waals surface area contributed by atoms with E-state index in [0.717, 1.165) is 23.5 Å². The molecule has 0 bridgehead atoms. The molecule has 1 aromatic rings. The van der Waals surface area contributed by atoms with E-state index in [2.05, 4.69) is 5.32 Å². The monoisotopic (exact) mass is 448 g/mol. The van der Waals surface area contributed by atoms with Crippen LogP contribution in [-0.2, 0) is 25.5 Å². The number of hydrogen-bond acceptors (Lipinski definition) is 6. The summed E-state index contributed by atoms with van der Waals surface area (Å²) in [6.45, 7) is 4.19. The molecule has 2 N–H and O–H groups in total. The second-order valence-corrected chi connectivity index (χ2v) is 9.43. The first-order chi connectivity index (χ1) is 14.9. The van der Waals surface area contributed by atoms with Gasteiger partial charge in [0.25, 0.3) is 0 Å². The third kappa shape index (κ3) is 5.80. The van der Waals surface area contributed by atoms with Crippen LogP contribution in [0.15, 0.2) is 30.3 Å². The third-order valence-electron chi connectivity index (χ3n) is 6.21. The van der Waals surface area contributed by atoms with Crippen molar-refractivity contribution >= 4 is 29.6 Å². The lowest BCUT2D eigenvalue weighted by atomic mass is 9.90. The molecular weight excluding hydrogens is 416 g/mol. The van der Waals surface area contributed by atoms with Gasteiger partial charge in [-0.15, -0.1) is 0 Å².